The molecule has 1 heterocycles. The second-order valence-corrected chi connectivity index (χ2v) is 9.73. The molecule has 0 N–H and O–H groups in total. The summed E-state index contributed by atoms with van der Waals surface area (Å²) in [6.07, 6.45) is 18.5. The van der Waals surface area contributed by atoms with Crippen molar-refractivity contribution >= 4 is 23.0 Å². The summed E-state index contributed by atoms with van der Waals surface area (Å²) >= 11 is 2.11. The largest absolute Gasteiger partial charge is 0.494 e. The van der Waals surface area contributed by atoms with Crippen LogP contribution in [0.4, 0.5) is 0 Å². The number of benzene rings is 1. The Morgan fingerprint density at radius 1 is 1.07 bits per heavy atom. The van der Waals surface area contributed by atoms with E-state index in [0.717, 1.165) is 17.6 Å². The monoisotopic (exact) mass is 391 g/mol. The fraction of sp³-hybridized carbons (Fsp3) is 0.480. The smallest absolute Gasteiger partial charge is 0.122 e. The van der Waals surface area contributed by atoms with Crippen molar-refractivity contribution in [2.75, 3.05) is 6.61 Å². The summed E-state index contributed by atoms with van der Waals surface area (Å²) in [5.74, 6) is 2.13. The molecule has 0 bridgehead atoms. The molecule has 0 spiro atoms. The predicted octanol–water partition coefficient (Wildman–Crippen LogP) is 6.89. The maximum absolute atomic E-state index is 5.90. The maximum atomic E-state index is 5.90. The molecule has 1 aliphatic heterocycles. The molecule has 28 heavy (non-hydrogen) atoms. The normalized spacial score (nSPS) is 24.5. The Bertz CT molecular complexity index is 869. The van der Waals surface area contributed by atoms with Gasteiger partial charge in [-0.3, -0.25) is 4.99 Å². The van der Waals surface area contributed by atoms with E-state index in [-0.39, 0.29) is 0 Å². The Labute approximate surface area is 172 Å². The van der Waals surface area contributed by atoms with Crippen LogP contribution in [0.2, 0.25) is 0 Å². The number of ether oxygens (including phenoxy) is 1. The minimum Gasteiger partial charge on any atom is -0.494 e. The highest BCUT2D eigenvalue weighted by atomic mass is 32.2. The molecular formula is C25H29NOS. The van der Waals surface area contributed by atoms with E-state index in [1.165, 1.54) is 72.3 Å². The van der Waals surface area contributed by atoms with Gasteiger partial charge >= 0.3 is 0 Å². The molecule has 5 rings (SSSR count). The van der Waals surface area contributed by atoms with Crippen LogP contribution < -0.4 is 4.74 Å². The molecule has 4 aliphatic rings. The fourth-order valence-electron chi connectivity index (χ4n) is 4.58. The van der Waals surface area contributed by atoms with E-state index in [1.807, 2.05) is 6.20 Å². The van der Waals surface area contributed by atoms with Crippen LogP contribution in [0.25, 0.3) is 5.57 Å². The Balaban J connectivity index is 1.46. The van der Waals surface area contributed by atoms with Gasteiger partial charge in [0.05, 0.1) is 18.2 Å². The van der Waals surface area contributed by atoms with E-state index in [2.05, 4.69) is 60.1 Å². The van der Waals surface area contributed by atoms with E-state index in [1.54, 1.807) is 0 Å². The first-order chi connectivity index (χ1) is 13.8. The van der Waals surface area contributed by atoms with Gasteiger partial charge < -0.3 is 4.74 Å². The molecule has 2 fully saturated rings. The number of thioether (sulfide) groups is 1. The average molecular weight is 392 g/mol. The molecular weight excluding hydrogens is 362 g/mol. The molecule has 3 aliphatic carbocycles. The number of hydrogen-bond acceptors (Lipinski definition) is 3. The molecule has 1 aromatic carbocycles. The molecule has 146 valence electrons. The van der Waals surface area contributed by atoms with Gasteiger partial charge in [0.1, 0.15) is 5.75 Å². The van der Waals surface area contributed by atoms with Crippen molar-refractivity contribution in [2.45, 2.75) is 63.0 Å². The second kappa shape index (κ2) is 7.94. The number of fused-ring (bicyclic) bond motifs is 1. The highest BCUT2D eigenvalue weighted by molar-refractivity contribution is 8.03. The van der Waals surface area contributed by atoms with E-state index >= 15 is 0 Å². The first kappa shape index (κ1) is 18.3. The number of rotatable bonds is 6. The lowest BCUT2D eigenvalue weighted by atomic mass is 9.90. The van der Waals surface area contributed by atoms with E-state index in [4.69, 9.17) is 4.74 Å². The fourth-order valence-corrected chi connectivity index (χ4v) is 6.08. The lowest BCUT2D eigenvalue weighted by Gasteiger charge is -2.27. The van der Waals surface area contributed by atoms with Gasteiger partial charge in [-0.1, -0.05) is 31.4 Å². The van der Waals surface area contributed by atoms with Crippen molar-refractivity contribution in [3.05, 3.63) is 58.7 Å². The Hall–Kier alpha value is -1.74. The summed E-state index contributed by atoms with van der Waals surface area (Å²) < 4.78 is 5.90. The first-order valence-corrected chi connectivity index (χ1v) is 11.8. The molecule has 1 atom stereocenters. The minimum atomic E-state index is 0.376. The highest BCUT2D eigenvalue weighted by Gasteiger charge is 2.30. The summed E-state index contributed by atoms with van der Waals surface area (Å²) in [7, 11) is 0. The zero-order valence-corrected chi connectivity index (χ0v) is 17.5. The van der Waals surface area contributed by atoms with E-state index < -0.39 is 0 Å². The van der Waals surface area contributed by atoms with Crippen molar-refractivity contribution in [3.63, 3.8) is 0 Å². The van der Waals surface area contributed by atoms with Crippen molar-refractivity contribution in [1.29, 1.82) is 0 Å². The molecule has 2 nitrogen and oxygen atoms in total. The van der Waals surface area contributed by atoms with Gasteiger partial charge in [-0.25, -0.2) is 0 Å². The quantitative estimate of drug-likeness (QED) is 0.526. The molecule has 0 aromatic heterocycles. The topological polar surface area (TPSA) is 21.6 Å². The lowest BCUT2D eigenvalue weighted by molar-refractivity contribution is 0.336. The van der Waals surface area contributed by atoms with Gasteiger partial charge in [0.2, 0.25) is 0 Å². The third-order valence-corrected chi connectivity index (χ3v) is 7.69. The molecule has 3 heteroatoms. The molecule has 0 saturated heterocycles. The van der Waals surface area contributed by atoms with Crippen LogP contribution in [-0.2, 0) is 0 Å². The molecule has 1 aromatic rings. The van der Waals surface area contributed by atoms with E-state index in [0.29, 0.717) is 11.8 Å². The molecule has 0 amide bonds. The Kier molecular flexibility index (Phi) is 5.19. The van der Waals surface area contributed by atoms with Gasteiger partial charge in [-0.15, -0.1) is 11.8 Å². The summed E-state index contributed by atoms with van der Waals surface area (Å²) in [6, 6.07) is 6.78. The summed E-state index contributed by atoms with van der Waals surface area (Å²) in [4.78, 5) is 6.16. The Morgan fingerprint density at radius 2 is 1.93 bits per heavy atom. The molecule has 1 unspecified atom stereocenters. The first-order valence-electron chi connectivity index (χ1n) is 10.9. The van der Waals surface area contributed by atoms with Gasteiger partial charge in [0.15, 0.2) is 0 Å². The summed E-state index contributed by atoms with van der Waals surface area (Å²) in [6.45, 7) is 2.80. The van der Waals surface area contributed by atoms with Gasteiger partial charge in [-0.2, -0.15) is 0 Å². The highest BCUT2D eigenvalue weighted by Crippen LogP contribution is 2.46. The Morgan fingerprint density at radius 3 is 2.71 bits per heavy atom. The van der Waals surface area contributed by atoms with Gasteiger partial charge in [0.25, 0.3) is 0 Å². The van der Waals surface area contributed by atoms with E-state index in [9.17, 15) is 0 Å². The van der Waals surface area contributed by atoms with Crippen LogP contribution in [0.5, 0.6) is 5.75 Å². The lowest BCUT2D eigenvalue weighted by Crippen LogP contribution is -2.16. The number of hydrogen-bond donors (Lipinski definition) is 0. The van der Waals surface area contributed by atoms with Crippen LogP contribution in [0.3, 0.4) is 0 Å². The predicted molar refractivity (Wildman–Crippen MR) is 120 cm³/mol. The van der Waals surface area contributed by atoms with Gasteiger partial charge in [0, 0.05) is 11.4 Å². The zero-order valence-electron chi connectivity index (χ0n) is 16.7. The third kappa shape index (κ3) is 3.74. The number of allylic oxidation sites excluding steroid dienone is 5. The van der Waals surface area contributed by atoms with Crippen molar-refractivity contribution in [2.24, 2.45) is 10.9 Å². The summed E-state index contributed by atoms with van der Waals surface area (Å²) in [5.41, 5.74) is 5.21. The number of nitrogens with zero attached hydrogens (tertiary/aromatic N) is 1. The van der Waals surface area contributed by atoms with Gasteiger partial charge in [-0.05, 0) is 84.4 Å². The van der Waals surface area contributed by atoms with Crippen LogP contribution in [0, 0.1) is 5.92 Å². The van der Waals surface area contributed by atoms with Crippen LogP contribution in [0.1, 0.15) is 68.9 Å². The zero-order chi connectivity index (χ0) is 18.9. The number of aliphatic imine (C=N–C) groups is 1. The molecule has 0 radical (unpaired) electrons. The third-order valence-electron chi connectivity index (χ3n) is 6.24. The standard InChI is InChI=1S/C25H29NOS/c1-2-27-24-11-10-18(14-22(24)17-8-9-17)19-15-23-21(12-13-26-23)25(16-19)28-20-6-4-3-5-7-20/h10-17,20-21H,2-9H2,1H3. The van der Waals surface area contributed by atoms with Crippen molar-refractivity contribution in [1.82, 2.24) is 0 Å². The second-order valence-electron chi connectivity index (χ2n) is 8.36. The summed E-state index contributed by atoms with van der Waals surface area (Å²) in [5, 5.41) is 0.775. The minimum absolute atomic E-state index is 0.376. The average Bonchev–Trinajstić information content (AvgIpc) is 3.46. The SMILES string of the molecule is CCOc1ccc(C2=CC3=NC=CC3C(SC3CCCCC3)=C2)cc1C1CC1. The van der Waals surface area contributed by atoms with Crippen LogP contribution in [-0.4, -0.2) is 17.6 Å². The molecule has 2 saturated carbocycles. The maximum Gasteiger partial charge on any atom is 0.122 e. The van der Waals surface area contributed by atoms with Crippen molar-refractivity contribution in [3.8, 4) is 5.75 Å². The van der Waals surface area contributed by atoms with Crippen LogP contribution >= 0.6 is 11.8 Å². The van der Waals surface area contributed by atoms with Crippen molar-refractivity contribution < 1.29 is 4.74 Å². The van der Waals surface area contributed by atoms with Crippen LogP contribution in [0.15, 0.2) is 52.5 Å².